The SMILES string of the molecule is COc1cc([N+](=O)[O-])ccc1-c1ccc(/C=C2/SC(=O)N(CC(=O)N3CCc4ccccc4C3)C2=O)o1. The van der Waals surface area contributed by atoms with E-state index in [1.54, 1.807) is 17.0 Å². The highest BCUT2D eigenvalue weighted by molar-refractivity contribution is 8.18. The van der Waals surface area contributed by atoms with Gasteiger partial charge in [0.15, 0.2) is 0 Å². The summed E-state index contributed by atoms with van der Waals surface area (Å²) in [5, 5.41) is 10.5. The average Bonchev–Trinajstić information content (AvgIpc) is 3.47. The Labute approximate surface area is 215 Å². The molecule has 3 heterocycles. The molecule has 0 spiro atoms. The van der Waals surface area contributed by atoms with Crippen molar-refractivity contribution in [1.82, 2.24) is 9.80 Å². The van der Waals surface area contributed by atoms with Gasteiger partial charge in [-0.3, -0.25) is 29.4 Å². The maximum absolute atomic E-state index is 12.9. The minimum Gasteiger partial charge on any atom is -0.496 e. The van der Waals surface area contributed by atoms with E-state index in [4.69, 9.17) is 9.15 Å². The molecular weight excluding hydrogens is 498 g/mol. The van der Waals surface area contributed by atoms with Crippen LogP contribution in [0.25, 0.3) is 17.4 Å². The van der Waals surface area contributed by atoms with Crippen LogP contribution in [0.4, 0.5) is 10.5 Å². The van der Waals surface area contributed by atoms with E-state index >= 15 is 0 Å². The third kappa shape index (κ3) is 4.85. The summed E-state index contributed by atoms with van der Waals surface area (Å²) < 4.78 is 11.1. The van der Waals surface area contributed by atoms with Gasteiger partial charge < -0.3 is 14.1 Å². The zero-order valence-electron chi connectivity index (χ0n) is 19.7. The van der Waals surface area contributed by atoms with Gasteiger partial charge in [-0.05, 0) is 47.5 Å². The number of carbonyl (C=O) groups excluding carboxylic acids is 3. The number of benzene rings is 2. The van der Waals surface area contributed by atoms with Gasteiger partial charge in [-0.1, -0.05) is 24.3 Å². The number of furan rings is 1. The Morgan fingerprint density at radius 1 is 1.16 bits per heavy atom. The fraction of sp³-hybridized carbons (Fsp3) is 0.192. The van der Waals surface area contributed by atoms with Gasteiger partial charge in [0.05, 0.1) is 28.6 Å². The Morgan fingerprint density at radius 2 is 1.95 bits per heavy atom. The number of nitrogens with zero attached hydrogens (tertiary/aromatic N) is 3. The monoisotopic (exact) mass is 519 g/mol. The van der Waals surface area contributed by atoms with Crippen LogP contribution in [0, 0.1) is 10.1 Å². The molecule has 0 atom stereocenters. The lowest BCUT2D eigenvalue weighted by atomic mass is 10.00. The minimum absolute atomic E-state index is 0.121. The van der Waals surface area contributed by atoms with E-state index in [1.165, 1.54) is 36.9 Å². The maximum atomic E-state index is 12.9. The molecule has 0 unspecified atom stereocenters. The molecular formula is C26H21N3O7S. The summed E-state index contributed by atoms with van der Waals surface area (Å²) in [6.07, 6.45) is 2.16. The van der Waals surface area contributed by atoms with Crippen LogP contribution in [0.3, 0.4) is 0 Å². The Bertz CT molecular complexity index is 1460. The van der Waals surface area contributed by atoms with Gasteiger partial charge in [-0.25, -0.2) is 0 Å². The van der Waals surface area contributed by atoms with Gasteiger partial charge in [-0.15, -0.1) is 0 Å². The summed E-state index contributed by atoms with van der Waals surface area (Å²) in [5.74, 6) is 0.0853. The largest absolute Gasteiger partial charge is 0.496 e. The van der Waals surface area contributed by atoms with Crippen molar-refractivity contribution in [2.24, 2.45) is 0 Å². The lowest BCUT2D eigenvalue weighted by Gasteiger charge is -2.29. The molecule has 10 nitrogen and oxygen atoms in total. The molecule has 0 aliphatic carbocycles. The van der Waals surface area contributed by atoms with Crippen LogP contribution in [0.2, 0.25) is 0 Å². The number of non-ortho nitro benzene ring substituents is 1. The van der Waals surface area contributed by atoms with Gasteiger partial charge in [0.25, 0.3) is 16.8 Å². The molecule has 1 fully saturated rings. The van der Waals surface area contributed by atoms with Crippen molar-refractivity contribution in [3.05, 3.63) is 86.5 Å². The maximum Gasteiger partial charge on any atom is 0.294 e. The van der Waals surface area contributed by atoms with Gasteiger partial charge in [0, 0.05) is 25.2 Å². The predicted octanol–water partition coefficient (Wildman–Crippen LogP) is 4.48. The normalized spacial score (nSPS) is 16.3. The topological polar surface area (TPSA) is 123 Å². The molecule has 3 amide bonds. The molecule has 2 aliphatic heterocycles. The number of amides is 3. The molecule has 1 aromatic heterocycles. The average molecular weight is 520 g/mol. The van der Waals surface area contributed by atoms with Crippen molar-refractivity contribution in [3.63, 3.8) is 0 Å². The van der Waals surface area contributed by atoms with E-state index in [9.17, 15) is 24.5 Å². The second-order valence-electron chi connectivity index (χ2n) is 8.45. The molecule has 188 valence electrons. The lowest BCUT2D eigenvalue weighted by molar-refractivity contribution is -0.384. The Kier molecular flexibility index (Phi) is 6.53. The number of nitro groups is 1. The number of hydrogen-bond acceptors (Lipinski definition) is 8. The van der Waals surface area contributed by atoms with Crippen LogP contribution in [-0.2, 0) is 22.6 Å². The van der Waals surface area contributed by atoms with E-state index in [-0.39, 0.29) is 28.8 Å². The standard InChI is InChI=1S/C26H21N3O7S/c1-35-22-12-18(29(33)34)6-8-20(22)21-9-7-19(36-21)13-23-25(31)28(26(32)37-23)15-24(30)27-11-10-16-4-2-3-5-17(16)14-27/h2-9,12-13H,10-11,14-15H2,1H3/b23-13+. The Balaban J connectivity index is 1.29. The van der Waals surface area contributed by atoms with Crippen LogP contribution in [0.1, 0.15) is 16.9 Å². The lowest BCUT2D eigenvalue weighted by Crippen LogP contribution is -2.44. The molecule has 0 radical (unpaired) electrons. The first-order valence-corrected chi connectivity index (χ1v) is 12.2. The zero-order chi connectivity index (χ0) is 26.1. The minimum atomic E-state index is -0.563. The summed E-state index contributed by atoms with van der Waals surface area (Å²) in [6, 6.07) is 15.3. The molecule has 0 bridgehead atoms. The molecule has 11 heteroatoms. The molecule has 2 aliphatic rings. The third-order valence-corrected chi connectivity index (χ3v) is 7.12. The van der Waals surface area contributed by atoms with Crippen LogP contribution >= 0.6 is 11.8 Å². The first-order valence-electron chi connectivity index (χ1n) is 11.4. The highest BCUT2D eigenvalue weighted by Gasteiger charge is 2.37. The summed E-state index contributed by atoms with van der Waals surface area (Å²) in [6.45, 7) is 0.652. The second kappa shape index (κ2) is 9.94. The number of ether oxygens (including phenoxy) is 1. The van der Waals surface area contributed by atoms with E-state index in [2.05, 4.69) is 0 Å². The number of hydrogen-bond donors (Lipinski definition) is 0. The van der Waals surface area contributed by atoms with Crippen molar-refractivity contribution in [1.29, 1.82) is 0 Å². The number of imide groups is 1. The van der Waals surface area contributed by atoms with Crippen molar-refractivity contribution >= 4 is 40.6 Å². The molecule has 0 N–H and O–H groups in total. The van der Waals surface area contributed by atoms with E-state index in [1.807, 2.05) is 24.3 Å². The van der Waals surface area contributed by atoms with Crippen molar-refractivity contribution < 1.29 is 28.5 Å². The van der Waals surface area contributed by atoms with Gasteiger partial charge in [0.1, 0.15) is 23.8 Å². The van der Waals surface area contributed by atoms with Crippen LogP contribution < -0.4 is 4.74 Å². The van der Waals surface area contributed by atoms with E-state index < -0.39 is 16.1 Å². The van der Waals surface area contributed by atoms with Crippen molar-refractivity contribution in [2.45, 2.75) is 13.0 Å². The van der Waals surface area contributed by atoms with Crippen LogP contribution in [0.5, 0.6) is 5.75 Å². The van der Waals surface area contributed by atoms with Gasteiger partial charge in [0.2, 0.25) is 5.91 Å². The second-order valence-corrected chi connectivity index (χ2v) is 9.44. The van der Waals surface area contributed by atoms with E-state index in [0.29, 0.717) is 30.2 Å². The molecule has 2 aromatic carbocycles. The molecule has 1 saturated heterocycles. The smallest absolute Gasteiger partial charge is 0.294 e. The summed E-state index contributed by atoms with van der Waals surface area (Å²) in [5.41, 5.74) is 2.64. The number of rotatable bonds is 6. The van der Waals surface area contributed by atoms with Crippen LogP contribution in [-0.4, -0.2) is 52.0 Å². The molecule has 37 heavy (non-hydrogen) atoms. The quantitative estimate of drug-likeness (QED) is 0.265. The van der Waals surface area contributed by atoms with Gasteiger partial charge in [-0.2, -0.15) is 0 Å². The van der Waals surface area contributed by atoms with Crippen molar-refractivity contribution in [3.8, 4) is 17.1 Å². The highest BCUT2D eigenvalue weighted by Crippen LogP contribution is 2.36. The molecule has 5 rings (SSSR count). The highest BCUT2D eigenvalue weighted by atomic mass is 32.2. The van der Waals surface area contributed by atoms with Gasteiger partial charge >= 0.3 is 0 Å². The number of thioether (sulfide) groups is 1. The molecule has 3 aromatic rings. The van der Waals surface area contributed by atoms with Crippen LogP contribution in [0.15, 0.2) is 63.9 Å². The first-order chi connectivity index (χ1) is 17.8. The predicted molar refractivity (Wildman–Crippen MR) is 136 cm³/mol. The fourth-order valence-electron chi connectivity index (χ4n) is 4.28. The summed E-state index contributed by atoms with van der Waals surface area (Å²) in [4.78, 5) is 51.6. The molecule has 0 saturated carbocycles. The first kappa shape index (κ1) is 24.3. The van der Waals surface area contributed by atoms with E-state index in [0.717, 1.165) is 28.6 Å². The number of methoxy groups -OCH3 is 1. The third-order valence-electron chi connectivity index (χ3n) is 6.21. The zero-order valence-corrected chi connectivity index (χ0v) is 20.5. The van der Waals surface area contributed by atoms with Crippen molar-refractivity contribution in [2.75, 3.05) is 20.2 Å². The Morgan fingerprint density at radius 3 is 2.70 bits per heavy atom. The Hall–Kier alpha value is -4.38. The summed E-state index contributed by atoms with van der Waals surface area (Å²) in [7, 11) is 1.40. The number of nitro benzene ring substituents is 1. The number of fused-ring (bicyclic) bond motifs is 1. The fourth-order valence-corrected chi connectivity index (χ4v) is 5.10. The summed E-state index contributed by atoms with van der Waals surface area (Å²) >= 11 is 0.740. The number of carbonyl (C=O) groups is 3.